The van der Waals surface area contributed by atoms with E-state index in [1.54, 1.807) is 50.9 Å². The molecule has 2 aromatic heterocycles. The summed E-state index contributed by atoms with van der Waals surface area (Å²) >= 11 is 1.26. The van der Waals surface area contributed by atoms with Crippen molar-refractivity contribution >= 4 is 50.8 Å². The lowest BCUT2D eigenvalue weighted by atomic mass is 9.99. The second kappa shape index (κ2) is 12.4. The van der Waals surface area contributed by atoms with E-state index < -0.39 is 18.1 Å². The standard InChI is InChI=1S/C30H34N6O6S/c1-16-13-36(17(2)15-37)29(39)20-9-8-11-22(31-27(38)28-32-21-10-6-7-12-24(21)43-28)26(20)41-23(16)14-35(5)30(40)33-25-18(3)34-42-19(25)4/h6-12,16-17,23,37H,13-15H2,1-5H3,(H,31,38)(H,33,40)/t16-,17+,23-/m1/s1. The van der Waals surface area contributed by atoms with Crippen LogP contribution in [0.1, 0.15) is 45.5 Å². The molecule has 0 spiro atoms. The van der Waals surface area contributed by atoms with Crippen molar-refractivity contribution in [1.29, 1.82) is 0 Å². The molecule has 1 aliphatic rings. The number of benzene rings is 2. The van der Waals surface area contributed by atoms with Gasteiger partial charge in [-0.2, -0.15) is 0 Å². The second-order valence-electron chi connectivity index (χ2n) is 10.8. The fourth-order valence-corrected chi connectivity index (χ4v) is 5.78. The Morgan fingerprint density at radius 3 is 2.65 bits per heavy atom. The van der Waals surface area contributed by atoms with Crippen molar-refractivity contribution in [2.24, 2.45) is 5.92 Å². The number of aliphatic hydroxyl groups is 1. The van der Waals surface area contributed by atoms with E-state index in [0.29, 0.717) is 28.3 Å². The number of fused-ring (bicyclic) bond motifs is 2. The Bertz CT molecular complexity index is 1620. The van der Waals surface area contributed by atoms with E-state index in [2.05, 4.69) is 20.8 Å². The largest absolute Gasteiger partial charge is 0.485 e. The van der Waals surface area contributed by atoms with Crippen LogP contribution in [0.15, 0.2) is 47.0 Å². The van der Waals surface area contributed by atoms with E-state index in [9.17, 15) is 19.5 Å². The molecule has 12 nitrogen and oxygen atoms in total. The van der Waals surface area contributed by atoms with Crippen LogP contribution in [0.25, 0.3) is 10.2 Å². The van der Waals surface area contributed by atoms with Gasteiger partial charge in [-0.05, 0) is 45.0 Å². The van der Waals surface area contributed by atoms with Gasteiger partial charge in [-0.1, -0.05) is 30.3 Å². The molecule has 4 amide bonds. The Hall–Kier alpha value is -4.49. The van der Waals surface area contributed by atoms with Gasteiger partial charge in [-0.3, -0.25) is 9.59 Å². The summed E-state index contributed by atoms with van der Waals surface area (Å²) in [5.74, 6) is -0.345. The predicted octanol–water partition coefficient (Wildman–Crippen LogP) is 4.54. The fourth-order valence-electron chi connectivity index (χ4n) is 4.92. The first-order chi connectivity index (χ1) is 20.6. The Morgan fingerprint density at radius 1 is 1.19 bits per heavy atom. The molecule has 0 saturated heterocycles. The summed E-state index contributed by atoms with van der Waals surface area (Å²) in [5.41, 5.74) is 2.32. The van der Waals surface area contributed by atoms with Crippen LogP contribution >= 0.6 is 11.3 Å². The number of ether oxygens (including phenoxy) is 1. The highest BCUT2D eigenvalue weighted by atomic mass is 32.1. The number of aryl methyl sites for hydroxylation is 2. The van der Waals surface area contributed by atoms with Gasteiger partial charge >= 0.3 is 6.03 Å². The van der Waals surface area contributed by atoms with Crippen molar-refractivity contribution in [3.8, 4) is 5.75 Å². The van der Waals surface area contributed by atoms with Gasteiger partial charge in [0.25, 0.3) is 11.8 Å². The Labute approximate surface area is 252 Å². The lowest BCUT2D eigenvalue weighted by Crippen LogP contribution is -2.50. The van der Waals surface area contributed by atoms with Crippen molar-refractivity contribution < 1.29 is 28.8 Å². The van der Waals surface area contributed by atoms with E-state index in [1.165, 1.54) is 16.2 Å². The third kappa shape index (κ3) is 6.18. The van der Waals surface area contributed by atoms with Crippen LogP contribution in [0.5, 0.6) is 5.75 Å². The molecule has 0 bridgehead atoms. The molecular formula is C30H34N6O6S. The molecule has 0 fully saturated rings. The van der Waals surface area contributed by atoms with Crippen LogP contribution in [0, 0.1) is 19.8 Å². The number of hydrogen-bond acceptors (Lipinski definition) is 9. The average Bonchev–Trinajstić information content (AvgIpc) is 3.57. The summed E-state index contributed by atoms with van der Waals surface area (Å²) in [7, 11) is 1.64. The van der Waals surface area contributed by atoms with Gasteiger partial charge in [0, 0.05) is 19.5 Å². The zero-order valence-electron chi connectivity index (χ0n) is 24.6. The van der Waals surface area contributed by atoms with E-state index in [1.807, 2.05) is 31.2 Å². The number of amides is 4. The molecule has 2 aromatic carbocycles. The first-order valence-electron chi connectivity index (χ1n) is 13.9. The lowest BCUT2D eigenvalue weighted by molar-refractivity contribution is 0.0372. The first-order valence-corrected chi connectivity index (χ1v) is 14.7. The smallest absolute Gasteiger partial charge is 0.321 e. The Morgan fingerprint density at radius 2 is 1.95 bits per heavy atom. The second-order valence-corrected chi connectivity index (χ2v) is 11.8. The zero-order chi connectivity index (χ0) is 30.8. The number of carbonyl (C=O) groups excluding carboxylic acids is 3. The number of urea groups is 1. The third-order valence-corrected chi connectivity index (χ3v) is 8.53. The van der Waals surface area contributed by atoms with Crippen LogP contribution in [0.3, 0.4) is 0 Å². The highest BCUT2D eigenvalue weighted by Crippen LogP contribution is 2.35. The monoisotopic (exact) mass is 606 g/mol. The molecule has 3 heterocycles. The molecule has 0 radical (unpaired) electrons. The molecule has 0 unspecified atom stereocenters. The number of anilines is 2. The maximum Gasteiger partial charge on any atom is 0.321 e. The number of likely N-dealkylation sites (N-methyl/N-ethyl adjacent to an activating group) is 1. The number of para-hydroxylation sites is 2. The maximum absolute atomic E-state index is 13.8. The molecular weight excluding hydrogens is 572 g/mol. The van der Waals surface area contributed by atoms with Crippen molar-refractivity contribution in [3.63, 3.8) is 0 Å². The summed E-state index contributed by atoms with van der Waals surface area (Å²) < 4.78 is 12.6. The Balaban J connectivity index is 1.46. The molecule has 3 atom stereocenters. The molecule has 0 saturated carbocycles. The van der Waals surface area contributed by atoms with Crippen molar-refractivity contribution in [3.05, 3.63) is 64.5 Å². The van der Waals surface area contributed by atoms with Crippen molar-refractivity contribution in [1.82, 2.24) is 19.9 Å². The molecule has 43 heavy (non-hydrogen) atoms. The molecule has 4 aromatic rings. The van der Waals surface area contributed by atoms with E-state index >= 15 is 0 Å². The summed E-state index contributed by atoms with van der Waals surface area (Å²) in [4.78, 5) is 47.8. The van der Waals surface area contributed by atoms with Gasteiger partial charge in [0.2, 0.25) is 0 Å². The number of nitrogens with one attached hydrogen (secondary N) is 2. The van der Waals surface area contributed by atoms with Crippen molar-refractivity contribution in [2.75, 3.05) is 37.4 Å². The van der Waals surface area contributed by atoms with Gasteiger partial charge < -0.3 is 34.8 Å². The van der Waals surface area contributed by atoms with E-state index in [0.717, 1.165) is 4.70 Å². The number of carbonyl (C=O) groups is 3. The minimum Gasteiger partial charge on any atom is -0.485 e. The average molecular weight is 607 g/mol. The van der Waals surface area contributed by atoms with E-state index in [4.69, 9.17) is 9.26 Å². The molecule has 226 valence electrons. The highest BCUT2D eigenvalue weighted by molar-refractivity contribution is 7.20. The number of aromatic nitrogens is 2. The number of aliphatic hydroxyl groups excluding tert-OH is 1. The van der Waals surface area contributed by atoms with Crippen LogP contribution in [-0.4, -0.2) is 81.8 Å². The Kier molecular flexibility index (Phi) is 8.64. The minimum atomic E-state index is -0.582. The van der Waals surface area contributed by atoms with Gasteiger partial charge in [0.15, 0.2) is 16.5 Å². The number of rotatable bonds is 7. The summed E-state index contributed by atoms with van der Waals surface area (Å²) in [6, 6.07) is 11.6. The number of hydrogen-bond donors (Lipinski definition) is 3. The highest BCUT2D eigenvalue weighted by Gasteiger charge is 2.35. The SMILES string of the molecule is Cc1noc(C)c1NC(=O)N(C)C[C@H]1Oc2c(NC(=O)c3nc4ccccc4s3)cccc2C(=O)N([C@@H](C)CO)C[C@H]1C. The number of thiazole rings is 1. The summed E-state index contributed by atoms with van der Waals surface area (Å²) in [5, 5.41) is 19.8. The normalized spacial score (nSPS) is 17.4. The van der Waals surface area contributed by atoms with Crippen LogP contribution in [0.2, 0.25) is 0 Å². The topological polar surface area (TPSA) is 150 Å². The molecule has 0 aliphatic carbocycles. The van der Waals surface area contributed by atoms with Gasteiger partial charge in [0.1, 0.15) is 17.5 Å². The van der Waals surface area contributed by atoms with Gasteiger partial charge in [-0.15, -0.1) is 11.3 Å². The first kappa shape index (κ1) is 30.0. The molecule has 13 heteroatoms. The predicted molar refractivity (Wildman–Crippen MR) is 163 cm³/mol. The zero-order valence-corrected chi connectivity index (χ0v) is 25.4. The van der Waals surface area contributed by atoms with Crippen LogP contribution < -0.4 is 15.4 Å². The quantitative estimate of drug-likeness (QED) is 0.278. The summed E-state index contributed by atoms with van der Waals surface area (Å²) in [6.07, 6.45) is -0.582. The van der Waals surface area contributed by atoms with Crippen molar-refractivity contribution in [2.45, 2.75) is 39.8 Å². The maximum atomic E-state index is 13.8. The van der Waals surface area contributed by atoms with Gasteiger partial charge in [-0.25, -0.2) is 9.78 Å². The van der Waals surface area contributed by atoms with Gasteiger partial charge in [0.05, 0.1) is 40.7 Å². The fraction of sp³-hybridized carbons (Fsp3) is 0.367. The van der Waals surface area contributed by atoms with Crippen LogP contribution in [-0.2, 0) is 0 Å². The van der Waals surface area contributed by atoms with Crippen LogP contribution in [0.4, 0.5) is 16.2 Å². The molecule has 1 aliphatic heterocycles. The van der Waals surface area contributed by atoms with E-state index in [-0.39, 0.29) is 53.9 Å². The minimum absolute atomic E-state index is 0.158. The third-order valence-electron chi connectivity index (χ3n) is 7.49. The summed E-state index contributed by atoms with van der Waals surface area (Å²) in [6.45, 7) is 7.35. The molecule has 3 N–H and O–H groups in total. The molecule has 5 rings (SSSR count). The number of nitrogens with zero attached hydrogens (tertiary/aromatic N) is 4. The lowest BCUT2D eigenvalue weighted by Gasteiger charge is -2.38.